The Morgan fingerprint density at radius 2 is 1.24 bits per heavy atom. The van der Waals surface area contributed by atoms with Crippen LogP contribution >= 0.6 is 15.9 Å². The molecule has 0 saturated carbocycles. The van der Waals surface area contributed by atoms with E-state index in [1.165, 1.54) is 5.56 Å². The van der Waals surface area contributed by atoms with Gasteiger partial charge in [0.2, 0.25) is 0 Å². The highest BCUT2D eigenvalue weighted by atomic mass is 79.9. The second-order valence-electron chi connectivity index (χ2n) is 7.79. The third-order valence-corrected chi connectivity index (χ3v) is 5.22. The summed E-state index contributed by atoms with van der Waals surface area (Å²) in [5.41, 5.74) is 3.70. The first-order chi connectivity index (χ1) is 13.7. The molecular formula is C24H23BrN2O2. The third-order valence-electron chi connectivity index (χ3n) is 4.53. The van der Waals surface area contributed by atoms with E-state index in [2.05, 4.69) is 47.3 Å². The van der Waals surface area contributed by atoms with Crippen molar-refractivity contribution in [3.8, 4) is 0 Å². The molecule has 0 saturated heterocycles. The second kappa shape index (κ2) is 8.62. The molecule has 3 aromatic carbocycles. The van der Waals surface area contributed by atoms with Crippen LogP contribution in [0.2, 0.25) is 0 Å². The van der Waals surface area contributed by atoms with E-state index >= 15 is 0 Å². The van der Waals surface area contributed by atoms with Crippen LogP contribution in [0.25, 0.3) is 0 Å². The highest BCUT2D eigenvalue weighted by Gasteiger charge is 2.14. The van der Waals surface area contributed by atoms with Crippen LogP contribution in [0.3, 0.4) is 0 Å². The summed E-state index contributed by atoms with van der Waals surface area (Å²) in [5.74, 6) is -0.372. The SMILES string of the molecule is CC(C)(C)c1ccc(C(=O)Nc2ccc(NC(=O)c3ccccc3Br)cc2)cc1. The van der Waals surface area contributed by atoms with Gasteiger partial charge in [0.05, 0.1) is 5.56 Å². The van der Waals surface area contributed by atoms with Gasteiger partial charge in [-0.15, -0.1) is 0 Å². The minimum Gasteiger partial charge on any atom is -0.322 e. The molecule has 3 aromatic rings. The molecule has 0 unspecified atom stereocenters. The predicted octanol–water partition coefficient (Wildman–Crippen LogP) is 6.25. The number of carbonyl (C=O) groups excluding carboxylic acids is 2. The topological polar surface area (TPSA) is 58.2 Å². The van der Waals surface area contributed by atoms with E-state index < -0.39 is 0 Å². The van der Waals surface area contributed by atoms with Crippen molar-refractivity contribution >= 4 is 39.1 Å². The maximum Gasteiger partial charge on any atom is 0.256 e. The number of nitrogens with one attached hydrogen (secondary N) is 2. The first-order valence-electron chi connectivity index (χ1n) is 9.32. The third kappa shape index (κ3) is 5.33. The molecule has 0 bridgehead atoms. The summed E-state index contributed by atoms with van der Waals surface area (Å²) < 4.78 is 0.735. The summed E-state index contributed by atoms with van der Waals surface area (Å²) in [6.45, 7) is 6.41. The van der Waals surface area contributed by atoms with Crippen molar-refractivity contribution in [2.75, 3.05) is 10.6 Å². The largest absolute Gasteiger partial charge is 0.322 e. The Morgan fingerprint density at radius 3 is 1.76 bits per heavy atom. The van der Waals surface area contributed by atoms with Crippen LogP contribution < -0.4 is 10.6 Å². The zero-order valence-corrected chi connectivity index (χ0v) is 18.2. The molecule has 5 heteroatoms. The molecule has 0 aliphatic heterocycles. The molecule has 4 nitrogen and oxygen atoms in total. The monoisotopic (exact) mass is 450 g/mol. The Morgan fingerprint density at radius 1 is 0.724 bits per heavy atom. The van der Waals surface area contributed by atoms with Gasteiger partial charge in [-0.3, -0.25) is 9.59 Å². The lowest BCUT2D eigenvalue weighted by atomic mass is 9.87. The lowest BCUT2D eigenvalue weighted by Gasteiger charge is -2.19. The number of hydrogen-bond donors (Lipinski definition) is 2. The molecule has 29 heavy (non-hydrogen) atoms. The van der Waals surface area contributed by atoms with Gasteiger partial charge in [0.1, 0.15) is 0 Å². The number of benzene rings is 3. The standard InChI is InChI=1S/C24H23BrN2O2/c1-24(2,3)17-10-8-16(9-11-17)22(28)26-18-12-14-19(15-13-18)27-23(29)20-6-4-5-7-21(20)25/h4-15H,1-3H3,(H,26,28)(H,27,29). The Labute approximate surface area is 179 Å². The van der Waals surface area contributed by atoms with E-state index in [9.17, 15) is 9.59 Å². The number of carbonyl (C=O) groups is 2. The average Bonchev–Trinajstić information content (AvgIpc) is 2.69. The van der Waals surface area contributed by atoms with Crippen molar-refractivity contribution in [1.29, 1.82) is 0 Å². The van der Waals surface area contributed by atoms with Gasteiger partial charge >= 0.3 is 0 Å². The summed E-state index contributed by atoms with van der Waals surface area (Å²) in [7, 11) is 0. The van der Waals surface area contributed by atoms with E-state index in [-0.39, 0.29) is 17.2 Å². The molecule has 148 valence electrons. The van der Waals surface area contributed by atoms with Crippen LogP contribution in [0.4, 0.5) is 11.4 Å². The second-order valence-corrected chi connectivity index (χ2v) is 8.65. The lowest BCUT2D eigenvalue weighted by molar-refractivity contribution is 0.101. The van der Waals surface area contributed by atoms with Crippen LogP contribution in [0, 0.1) is 0 Å². The average molecular weight is 451 g/mol. The van der Waals surface area contributed by atoms with E-state index in [4.69, 9.17) is 0 Å². The van der Waals surface area contributed by atoms with Gasteiger partial charge in [-0.25, -0.2) is 0 Å². The molecule has 0 atom stereocenters. The number of halogens is 1. The van der Waals surface area contributed by atoms with Gasteiger partial charge in [0, 0.05) is 21.4 Å². The molecule has 2 N–H and O–H groups in total. The maximum absolute atomic E-state index is 12.5. The molecule has 0 fully saturated rings. The highest BCUT2D eigenvalue weighted by Crippen LogP contribution is 2.23. The van der Waals surface area contributed by atoms with Crippen LogP contribution in [0.15, 0.2) is 77.3 Å². The van der Waals surface area contributed by atoms with Gasteiger partial charge < -0.3 is 10.6 Å². The molecular weight excluding hydrogens is 428 g/mol. The minimum absolute atomic E-state index is 0.0462. The van der Waals surface area contributed by atoms with Gasteiger partial charge in [-0.2, -0.15) is 0 Å². The van der Waals surface area contributed by atoms with Gasteiger partial charge in [0.15, 0.2) is 0 Å². The fraction of sp³-hybridized carbons (Fsp3) is 0.167. The summed E-state index contributed by atoms with van der Waals surface area (Å²) in [6, 6.07) is 21.9. The Kier molecular flexibility index (Phi) is 6.18. The maximum atomic E-state index is 12.5. The van der Waals surface area contributed by atoms with Gasteiger partial charge in [-0.05, 0) is 75.4 Å². The highest BCUT2D eigenvalue weighted by molar-refractivity contribution is 9.10. The fourth-order valence-corrected chi connectivity index (χ4v) is 3.27. The Hall–Kier alpha value is -2.92. The van der Waals surface area contributed by atoms with Crippen molar-refractivity contribution in [3.05, 3.63) is 94.0 Å². The zero-order chi connectivity index (χ0) is 21.0. The molecule has 0 radical (unpaired) electrons. The van der Waals surface area contributed by atoms with E-state index in [1.807, 2.05) is 42.5 Å². The first-order valence-corrected chi connectivity index (χ1v) is 10.1. The van der Waals surface area contributed by atoms with Crippen LogP contribution in [0.5, 0.6) is 0 Å². The first kappa shape index (κ1) is 20.8. The Bertz CT molecular complexity index is 1020. The molecule has 0 spiro atoms. The number of amides is 2. The molecule has 0 aliphatic rings. The van der Waals surface area contributed by atoms with Gasteiger partial charge in [-0.1, -0.05) is 45.0 Å². The Balaban J connectivity index is 1.64. The van der Waals surface area contributed by atoms with Crippen molar-refractivity contribution in [3.63, 3.8) is 0 Å². The van der Waals surface area contributed by atoms with Gasteiger partial charge in [0.25, 0.3) is 11.8 Å². The van der Waals surface area contributed by atoms with Crippen LogP contribution in [-0.4, -0.2) is 11.8 Å². The minimum atomic E-state index is -0.201. The van der Waals surface area contributed by atoms with Crippen molar-refractivity contribution in [2.24, 2.45) is 0 Å². The predicted molar refractivity (Wildman–Crippen MR) is 122 cm³/mol. The summed E-state index contributed by atoms with van der Waals surface area (Å²) in [5, 5.41) is 5.73. The quantitative estimate of drug-likeness (QED) is 0.493. The summed E-state index contributed by atoms with van der Waals surface area (Å²) in [4.78, 5) is 24.8. The molecule has 3 rings (SSSR count). The molecule has 0 heterocycles. The zero-order valence-electron chi connectivity index (χ0n) is 16.6. The van der Waals surface area contributed by atoms with Crippen molar-refractivity contribution in [2.45, 2.75) is 26.2 Å². The normalized spacial score (nSPS) is 11.0. The van der Waals surface area contributed by atoms with Crippen LogP contribution in [-0.2, 0) is 5.41 Å². The number of rotatable bonds is 4. The van der Waals surface area contributed by atoms with E-state index in [1.54, 1.807) is 30.3 Å². The van der Waals surface area contributed by atoms with E-state index in [0.29, 0.717) is 22.5 Å². The summed E-state index contributed by atoms with van der Waals surface area (Å²) >= 11 is 3.38. The lowest BCUT2D eigenvalue weighted by Crippen LogP contribution is -2.14. The molecule has 0 aliphatic carbocycles. The van der Waals surface area contributed by atoms with Crippen LogP contribution in [0.1, 0.15) is 47.1 Å². The summed E-state index contributed by atoms with van der Waals surface area (Å²) in [6.07, 6.45) is 0. The smallest absolute Gasteiger partial charge is 0.256 e. The molecule has 2 amide bonds. The molecule has 0 aromatic heterocycles. The fourth-order valence-electron chi connectivity index (χ4n) is 2.81. The van der Waals surface area contributed by atoms with E-state index in [0.717, 1.165) is 4.47 Å². The number of anilines is 2. The van der Waals surface area contributed by atoms with Crippen molar-refractivity contribution in [1.82, 2.24) is 0 Å². The van der Waals surface area contributed by atoms with Crippen molar-refractivity contribution < 1.29 is 9.59 Å². The number of hydrogen-bond acceptors (Lipinski definition) is 2.